The van der Waals surface area contributed by atoms with E-state index in [4.69, 9.17) is 5.73 Å². The molecule has 1 amide bonds. The van der Waals surface area contributed by atoms with E-state index in [1.807, 2.05) is 13.8 Å². The normalized spacial score (nSPS) is 9.71. The van der Waals surface area contributed by atoms with E-state index >= 15 is 0 Å². The van der Waals surface area contributed by atoms with E-state index in [9.17, 15) is 9.18 Å². The van der Waals surface area contributed by atoms with Gasteiger partial charge in [0.25, 0.3) is 5.91 Å². The number of carbonyl (C=O) groups excluding carboxylic acids is 1. The summed E-state index contributed by atoms with van der Waals surface area (Å²) < 4.78 is 13.5. The molecule has 0 bridgehead atoms. The van der Waals surface area contributed by atoms with Crippen LogP contribution in [0.15, 0.2) is 18.2 Å². The Morgan fingerprint density at radius 1 is 1.53 bits per heavy atom. The smallest absolute Gasteiger partial charge is 0.254 e. The Morgan fingerprint density at radius 3 is 2.82 bits per heavy atom. The lowest BCUT2D eigenvalue weighted by molar-refractivity contribution is 0.0939. The molecule has 1 aromatic carbocycles. The van der Waals surface area contributed by atoms with Gasteiger partial charge in [-0.2, -0.15) is 0 Å². The summed E-state index contributed by atoms with van der Waals surface area (Å²) in [6.07, 6.45) is 0. The average molecular weight is 234 g/mol. The quantitative estimate of drug-likeness (QED) is 0.757. The van der Waals surface area contributed by atoms with Crippen LogP contribution in [0.2, 0.25) is 0 Å². The molecular weight excluding hydrogens is 219 g/mol. The van der Waals surface area contributed by atoms with Gasteiger partial charge < -0.3 is 11.1 Å². The van der Waals surface area contributed by atoms with Crippen molar-refractivity contribution in [1.82, 2.24) is 5.32 Å². The minimum absolute atomic E-state index is 0.00233. The van der Waals surface area contributed by atoms with E-state index in [-0.39, 0.29) is 18.2 Å². The minimum atomic E-state index is -0.554. The first-order chi connectivity index (χ1) is 8.04. The van der Waals surface area contributed by atoms with Crippen molar-refractivity contribution in [2.45, 2.75) is 19.9 Å². The SMILES string of the molecule is CC(C)NC(=O)c1cc(C#CCN)ccc1F. The van der Waals surface area contributed by atoms with Crippen molar-refractivity contribution >= 4 is 5.91 Å². The molecule has 0 spiro atoms. The molecule has 0 atom stereocenters. The third kappa shape index (κ3) is 3.89. The Labute approximate surface area is 100 Å². The van der Waals surface area contributed by atoms with Gasteiger partial charge in [0.15, 0.2) is 0 Å². The molecule has 0 aliphatic rings. The number of amides is 1. The van der Waals surface area contributed by atoms with E-state index in [0.29, 0.717) is 5.56 Å². The summed E-state index contributed by atoms with van der Waals surface area (Å²) in [7, 11) is 0. The average Bonchev–Trinajstić information content (AvgIpc) is 2.27. The molecule has 0 unspecified atom stereocenters. The molecule has 0 aromatic heterocycles. The molecule has 0 saturated carbocycles. The largest absolute Gasteiger partial charge is 0.350 e. The second-order valence-corrected chi connectivity index (χ2v) is 3.83. The number of halogens is 1. The molecule has 0 aliphatic heterocycles. The molecule has 3 N–H and O–H groups in total. The van der Waals surface area contributed by atoms with E-state index in [1.54, 1.807) is 0 Å². The zero-order valence-electron chi connectivity index (χ0n) is 9.88. The molecule has 4 heteroatoms. The molecule has 3 nitrogen and oxygen atoms in total. The lowest BCUT2D eigenvalue weighted by Gasteiger charge is -2.09. The van der Waals surface area contributed by atoms with Crippen LogP contribution in [0, 0.1) is 17.7 Å². The Kier molecular flexibility index (Phi) is 4.68. The van der Waals surface area contributed by atoms with Crippen molar-refractivity contribution in [2.75, 3.05) is 6.54 Å². The Balaban J connectivity index is 3.02. The highest BCUT2D eigenvalue weighted by Crippen LogP contribution is 2.10. The molecular formula is C13H15FN2O. The third-order valence-corrected chi connectivity index (χ3v) is 1.97. The van der Waals surface area contributed by atoms with Gasteiger partial charge in [-0.1, -0.05) is 11.8 Å². The van der Waals surface area contributed by atoms with Crippen LogP contribution in [-0.2, 0) is 0 Å². The predicted molar refractivity (Wildman–Crippen MR) is 64.9 cm³/mol. The van der Waals surface area contributed by atoms with E-state index in [0.717, 1.165) is 0 Å². The summed E-state index contributed by atoms with van der Waals surface area (Å²) in [6.45, 7) is 3.85. The number of rotatable bonds is 2. The standard InChI is InChI=1S/C13H15FN2O/c1-9(2)16-13(17)11-8-10(4-3-7-15)5-6-12(11)14/h5-6,8-9H,7,15H2,1-2H3,(H,16,17). The predicted octanol–water partition coefficient (Wildman–Crippen LogP) is 1.27. The van der Waals surface area contributed by atoms with Gasteiger partial charge >= 0.3 is 0 Å². The van der Waals surface area contributed by atoms with Crippen LogP contribution in [0.1, 0.15) is 29.8 Å². The maximum Gasteiger partial charge on any atom is 0.254 e. The van der Waals surface area contributed by atoms with Crippen molar-refractivity contribution in [3.05, 3.63) is 35.1 Å². The summed E-state index contributed by atoms with van der Waals surface area (Å²) in [5.41, 5.74) is 5.82. The van der Waals surface area contributed by atoms with Crippen molar-refractivity contribution in [3.63, 3.8) is 0 Å². The van der Waals surface area contributed by atoms with Crippen LogP contribution < -0.4 is 11.1 Å². The Bertz CT molecular complexity index is 472. The molecule has 17 heavy (non-hydrogen) atoms. The highest BCUT2D eigenvalue weighted by Gasteiger charge is 2.12. The van der Waals surface area contributed by atoms with Gasteiger partial charge in [-0.05, 0) is 32.0 Å². The molecule has 0 fully saturated rings. The molecule has 1 aromatic rings. The van der Waals surface area contributed by atoms with Gasteiger partial charge in [-0.15, -0.1) is 0 Å². The highest BCUT2D eigenvalue weighted by atomic mass is 19.1. The first-order valence-electron chi connectivity index (χ1n) is 5.34. The summed E-state index contributed by atoms with van der Waals surface area (Å²) >= 11 is 0. The van der Waals surface area contributed by atoms with Gasteiger partial charge in [-0.25, -0.2) is 4.39 Å². The van der Waals surface area contributed by atoms with Crippen molar-refractivity contribution in [1.29, 1.82) is 0 Å². The van der Waals surface area contributed by atoms with Crippen LogP contribution >= 0.6 is 0 Å². The monoisotopic (exact) mass is 234 g/mol. The second kappa shape index (κ2) is 6.02. The third-order valence-electron chi connectivity index (χ3n) is 1.97. The number of hydrogen-bond acceptors (Lipinski definition) is 2. The van der Waals surface area contributed by atoms with E-state index < -0.39 is 11.7 Å². The number of benzene rings is 1. The van der Waals surface area contributed by atoms with Crippen LogP contribution in [0.25, 0.3) is 0 Å². The Hall–Kier alpha value is -1.86. The molecule has 0 radical (unpaired) electrons. The van der Waals surface area contributed by atoms with Crippen LogP contribution in [0.3, 0.4) is 0 Å². The number of carbonyl (C=O) groups is 1. The molecule has 1 rings (SSSR count). The maximum absolute atomic E-state index is 13.5. The van der Waals surface area contributed by atoms with Gasteiger partial charge in [-0.3, -0.25) is 4.79 Å². The van der Waals surface area contributed by atoms with Crippen molar-refractivity contribution < 1.29 is 9.18 Å². The number of nitrogens with one attached hydrogen (secondary N) is 1. The summed E-state index contributed by atoms with van der Waals surface area (Å²) in [5, 5.41) is 2.63. The van der Waals surface area contributed by atoms with Crippen molar-refractivity contribution in [2.24, 2.45) is 5.73 Å². The first-order valence-corrected chi connectivity index (χ1v) is 5.34. The van der Waals surface area contributed by atoms with Crippen molar-refractivity contribution in [3.8, 4) is 11.8 Å². The van der Waals surface area contributed by atoms with Crippen LogP contribution in [-0.4, -0.2) is 18.5 Å². The molecule has 0 heterocycles. The number of nitrogens with two attached hydrogens (primary N) is 1. The molecule has 0 aliphatic carbocycles. The van der Waals surface area contributed by atoms with Gasteiger partial charge in [0, 0.05) is 11.6 Å². The lowest BCUT2D eigenvalue weighted by atomic mass is 10.1. The fraction of sp³-hybridized carbons (Fsp3) is 0.308. The van der Waals surface area contributed by atoms with Crippen LogP contribution in [0.5, 0.6) is 0 Å². The second-order valence-electron chi connectivity index (χ2n) is 3.83. The van der Waals surface area contributed by atoms with Gasteiger partial charge in [0.05, 0.1) is 12.1 Å². The van der Waals surface area contributed by atoms with E-state index in [2.05, 4.69) is 17.2 Å². The fourth-order valence-corrected chi connectivity index (χ4v) is 1.27. The zero-order chi connectivity index (χ0) is 12.8. The zero-order valence-corrected chi connectivity index (χ0v) is 9.88. The summed E-state index contributed by atoms with van der Waals surface area (Å²) in [5.74, 6) is 4.42. The van der Waals surface area contributed by atoms with Crippen LogP contribution in [0.4, 0.5) is 4.39 Å². The van der Waals surface area contributed by atoms with Gasteiger partial charge in [0.2, 0.25) is 0 Å². The van der Waals surface area contributed by atoms with E-state index in [1.165, 1.54) is 18.2 Å². The molecule has 0 saturated heterocycles. The van der Waals surface area contributed by atoms with Gasteiger partial charge in [0.1, 0.15) is 5.82 Å². The lowest BCUT2D eigenvalue weighted by Crippen LogP contribution is -2.30. The Morgan fingerprint density at radius 2 is 2.24 bits per heavy atom. The minimum Gasteiger partial charge on any atom is -0.350 e. The number of hydrogen-bond donors (Lipinski definition) is 2. The summed E-state index contributed by atoms with van der Waals surface area (Å²) in [6, 6.07) is 4.14. The maximum atomic E-state index is 13.5. The topological polar surface area (TPSA) is 55.1 Å². The highest BCUT2D eigenvalue weighted by molar-refractivity contribution is 5.95. The molecule has 90 valence electrons. The fourth-order valence-electron chi connectivity index (χ4n) is 1.27. The summed E-state index contributed by atoms with van der Waals surface area (Å²) in [4.78, 5) is 11.7. The first kappa shape index (κ1) is 13.2.